The lowest BCUT2D eigenvalue weighted by Crippen LogP contribution is -2.65. The zero-order valence-corrected chi connectivity index (χ0v) is 19.7. The van der Waals surface area contributed by atoms with Gasteiger partial charge in [-0.05, 0) is 41.5 Å². The maximum Gasteiger partial charge on any atom is 0.416 e. The molecule has 4 nitrogen and oxygen atoms in total. The number of amides is 1. The highest BCUT2D eigenvalue weighted by Crippen LogP contribution is 2.64. The molecule has 1 aliphatic carbocycles. The third-order valence-electron chi connectivity index (χ3n) is 6.57. The number of hydrogen-bond acceptors (Lipinski definition) is 2. The number of carbonyl (C=O) groups is 1. The van der Waals surface area contributed by atoms with Crippen LogP contribution in [0.3, 0.4) is 0 Å². The van der Waals surface area contributed by atoms with Gasteiger partial charge in [-0.3, -0.25) is 4.98 Å². The van der Waals surface area contributed by atoms with Gasteiger partial charge in [-0.15, -0.1) is 0 Å². The number of nitrogens with one attached hydrogen (secondary N) is 1. The number of hydrogen-bond donors (Lipinski definition) is 2. The van der Waals surface area contributed by atoms with Crippen molar-refractivity contribution in [2.24, 2.45) is 5.92 Å². The molecule has 3 atom stereocenters. The Morgan fingerprint density at radius 1 is 1.03 bits per heavy atom. The van der Waals surface area contributed by atoms with Gasteiger partial charge in [0.2, 0.25) is 0 Å². The Labute approximate surface area is 215 Å². The normalized spacial score (nSPS) is 20.6. The summed E-state index contributed by atoms with van der Waals surface area (Å²) in [7, 11) is 0. The molecule has 2 aromatic carbocycles. The SMILES string of the molecule is O=C(O)NC(c1cc(F)cc(C(F)(F)F)c1)(c1ccc(Cl)cn1)C(c1ccccc1)C1CC(F)(F)C1(F)F. The van der Waals surface area contributed by atoms with Crippen molar-refractivity contribution in [3.05, 3.63) is 100 Å². The molecule has 3 aromatic rings. The second kappa shape index (κ2) is 9.40. The van der Waals surface area contributed by atoms with Crippen LogP contribution in [-0.4, -0.2) is 28.0 Å². The molecule has 2 N–H and O–H groups in total. The van der Waals surface area contributed by atoms with Crippen molar-refractivity contribution in [3.63, 3.8) is 0 Å². The van der Waals surface area contributed by atoms with Gasteiger partial charge in [0.1, 0.15) is 11.4 Å². The van der Waals surface area contributed by atoms with Gasteiger partial charge in [-0.2, -0.15) is 30.7 Å². The minimum atomic E-state index is -5.13. The molecule has 1 amide bonds. The summed E-state index contributed by atoms with van der Waals surface area (Å²) in [5.41, 5.74) is -5.64. The molecule has 0 saturated heterocycles. The van der Waals surface area contributed by atoms with Crippen molar-refractivity contribution < 1.29 is 45.0 Å². The van der Waals surface area contributed by atoms with Gasteiger partial charge in [-0.1, -0.05) is 41.9 Å². The molecule has 0 aliphatic heterocycles. The van der Waals surface area contributed by atoms with E-state index < -0.39 is 70.5 Å². The number of rotatable bonds is 6. The fourth-order valence-electron chi connectivity index (χ4n) is 4.91. The van der Waals surface area contributed by atoms with E-state index in [0.717, 1.165) is 18.3 Å². The largest absolute Gasteiger partial charge is 0.465 e. The standard InChI is InChI=1S/C25H17ClF8N2O2/c26-16-6-7-19(35-12-16)23(36-21(37)38,14-8-15(25(32,33)34)10-17(27)9-14)20(13-4-2-1-3-5-13)18-11-22(28,29)24(18,30)31/h1-10,12,18,20,36H,11H2,(H,37,38). The molecule has 1 aliphatic rings. The Balaban J connectivity index is 2.14. The molecule has 0 radical (unpaired) electrons. The van der Waals surface area contributed by atoms with Crippen molar-refractivity contribution in [1.29, 1.82) is 0 Å². The quantitative estimate of drug-likeness (QED) is 0.305. The van der Waals surface area contributed by atoms with Crippen LogP contribution in [0.4, 0.5) is 39.9 Å². The zero-order chi connectivity index (χ0) is 28.1. The number of carboxylic acid groups (broad SMARTS) is 1. The molecule has 0 spiro atoms. The molecule has 1 saturated carbocycles. The number of nitrogens with zero attached hydrogens (tertiary/aromatic N) is 1. The third-order valence-corrected chi connectivity index (χ3v) is 6.80. The van der Waals surface area contributed by atoms with Crippen molar-refractivity contribution >= 4 is 17.7 Å². The van der Waals surface area contributed by atoms with E-state index >= 15 is 8.78 Å². The van der Waals surface area contributed by atoms with Gasteiger partial charge in [0, 0.05) is 24.5 Å². The first-order valence-corrected chi connectivity index (χ1v) is 11.3. The van der Waals surface area contributed by atoms with E-state index in [1.54, 1.807) is 0 Å². The molecule has 1 aromatic heterocycles. The lowest BCUT2D eigenvalue weighted by molar-refractivity contribution is -0.321. The fourth-order valence-corrected chi connectivity index (χ4v) is 5.02. The number of halogens is 9. The Kier molecular flexibility index (Phi) is 6.84. The van der Waals surface area contributed by atoms with Crippen LogP contribution in [0.2, 0.25) is 5.02 Å². The molecule has 38 heavy (non-hydrogen) atoms. The first kappa shape index (κ1) is 27.6. The van der Waals surface area contributed by atoms with E-state index in [4.69, 9.17) is 11.6 Å². The van der Waals surface area contributed by atoms with E-state index in [-0.39, 0.29) is 16.7 Å². The summed E-state index contributed by atoms with van der Waals surface area (Å²) in [5.74, 6) is -14.9. The summed E-state index contributed by atoms with van der Waals surface area (Å²) in [4.78, 5) is 16.1. The van der Waals surface area contributed by atoms with Crippen LogP contribution in [0.25, 0.3) is 0 Å². The minimum Gasteiger partial charge on any atom is -0.465 e. The van der Waals surface area contributed by atoms with E-state index in [1.807, 2.05) is 5.32 Å². The van der Waals surface area contributed by atoms with Crippen LogP contribution >= 0.6 is 11.6 Å². The monoisotopic (exact) mass is 564 g/mol. The summed E-state index contributed by atoms with van der Waals surface area (Å²) < 4.78 is 114. The van der Waals surface area contributed by atoms with Gasteiger partial charge >= 0.3 is 24.1 Å². The predicted molar refractivity (Wildman–Crippen MR) is 120 cm³/mol. The molecule has 1 fully saturated rings. The second-order valence-electron chi connectivity index (χ2n) is 8.85. The van der Waals surface area contributed by atoms with Gasteiger partial charge in [0.25, 0.3) is 0 Å². The summed E-state index contributed by atoms with van der Waals surface area (Å²) >= 11 is 5.88. The maximum absolute atomic E-state index is 15.0. The minimum absolute atomic E-state index is 0.00929. The Morgan fingerprint density at radius 3 is 2.16 bits per heavy atom. The van der Waals surface area contributed by atoms with E-state index in [2.05, 4.69) is 4.98 Å². The number of benzene rings is 2. The molecular weight excluding hydrogens is 548 g/mol. The maximum atomic E-state index is 15.0. The number of pyridine rings is 1. The topological polar surface area (TPSA) is 62.2 Å². The highest BCUT2D eigenvalue weighted by atomic mass is 35.5. The molecule has 1 heterocycles. The van der Waals surface area contributed by atoms with Crippen LogP contribution in [0, 0.1) is 11.7 Å². The summed E-state index contributed by atoms with van der Waals surface area (Å²) in [6.45, 7) is 0. The zero-order valence-electron chi connectivity index (χ0n) is 18.9. The Bertz CT molecular complexity index is 1340. The van der Waals surface area contributed by atoms with Crippen LogP contribution in [0.15, 0.2) is 66.9 Å². The Hall–Kier alpha value is -3.41. The van der Waals surface area contributed by atoms with Gasteiger partial charge in [0.05, 0.1) is 16.3 Å². The predicted octanol–water partition coefficient (Wildman–Crippen LogP) is 7.48. The van der Waals surface area contributed by atoms with E-state index in [0.29, 0.717) is 12.1 Å². The first-order chi connectivity index (χ1) is 17.6. The molecule has 202 valence electrons. The number of aromatic nitrogens is 1. The summed E-state index contributed by atoms with van der Waals surface area (Å²) in [5, 5.41) is 11.8. The fraction of sp³-hybridized carbons (Fsp3) is 0.280. The summed E-state index contributed by atoms with van der Waals surface area (Å²) in [6, 6.07) is 9.86. The van der Waals surface area contributed by atoms with Crippen molar-refractivity contribution in [2.75, 3.05) is 0 Å². The van der Waals surface area contributed by atoms with E-state index in [9.17, 15) is 36.2 Å². The smallest absolute Gasteiger partial charge is 0.416 e. The average Bonchev–Trinajstić information content (AvgIpc) is 2.83. The second-order valence-corrected chi connectivity index (χ2v) is 9.29. The molecule has 4 rings (SSSR count). The highest BCUT2D eigenvalue weighted by molar-refractivity contribution is 6.30. The van der Waals surface area contributed by atoms with Crippen LogP contribution < -0.4 is 5.32 Å². The van der Waals surface area contributed by atoms with Gasteiger partial charge in [0.15, 0.2) is 0 Å². The van der Waals surface area contributed by atoms with Gasteiger partial charge < -0.3 is 10.4 Å². The van der Waals surface area contributed by atoms with Crippen LogP contribution in [0.1, 0.15) is 34.7 Å². The third kappa shape index (κ3) is 4.65. The lowest BCUT2D eigenvalue weighted by atomic mass is 9.58. The average molecular weight is 565 g/mol. The van der Waals surface area contributed by atoms with Crippen LogP contribution in [-0.2, 0) is 11.7 Å². The first-order valence-electron chi connectivity index (χ1n) is 10.9. The Morgan fingerprint density at radius 2 is 1.66 bits per heavy atom. The van der Waals surface area contributed by atoms with Crippen molar-refractivity contribution in [1.82, 2.24) is 10.3 Å². The van der Waals surface area contributed by atoms with Crippen molar-refractivity contribution in [3.8, 4) is 0 Å². The van der Waals surface area contributed by atoms with Gasteiger partial charge in [-0.25, -0.2) is 9.18 Å². The van der Waals surface area contributed by atoms with E-state index in [1.165, 1.54) is 30.3 Å². The number of alkyl halides is 7. The molecule has 3 unspecified atom stereocenters. The lowest BCUT2D eigenvalue weighted by Gasteiger charge is -2.53. The molecule has 0 bridgehead atoms. The molecular formula is C25H17ClF8N2O2. The van der Waals surface area contributed by atoms with Crippen LogP contribution in [0.5, 0.6) is 0 Å². The van der Waals surface area contributed by atoms with Crippen molar-refractivity contribution in [2.45, 2.75) is 35.9 Å². The summed E-state index contributed by atoms with van der Waals surface area (Å²) in [6.07, 6.45) is -7.52. The highest BCUT2D eigenvalue weighted by Gasteiger charge is 2.75. The molecule has 13 heteroatoms.